The topological polar surface area (TPSA) is 84.9 Å². The SMILES string of the molecule is COc1ccccc1C=CC(=O)NCCOCC(=O)O. The van der Waals surface area contributed by atoms with Gasteiger partial charge in [-0.05, 0) is 12.1 Å². The summed E-state index contributed by atoms with van der Waals surface area (Å²) in [5, 5.41) is 10.9. The molecule has 0 radical (unpaired) electrons. The summed E-state index contributed by atoms with van der Waals surface area (Å²) in [5.41, 5.74) is 0.798. The highest BCUT2D eigenvalue weighted by Gasteiger charge is 2.00. The number of hydrogen-bond donors (Lipinski definition) is 2. The average Bonchev–Trinajstić information content (AvgIpc) is 2.44. The summed E-state index contributed by atoms with van der Waals surface area (Å²) in [6.45, 7) is 0.0375. The lowest BCUT2D eigenvalue weighted by molar-refractivity contribution is -0.142. The average molecular weight is 279 g/mol. The van der Waals surface area contributed by atoms with Gasteiger partial charge in [0.2, 0.25) is 5.91 Å². The lowest BCUT2D eigenvalue weighted by Crippen LogP contribution is -2.26. The summed E-state index contributed by atoms with van der Waals surface area (Å²) in [6, 6.07) is 7.33. The molecule has 0 aliphatic heterocycles. The number of carboxylic acids is 1. The molecule has 0 saturated carbocycles. The van der Waals surface area contributed by atoms with Gasteiger partial charge in [0, 0.05) is 18.2 Å². The minimum absolute atomic E-state index is 0.153. The first-order valence-electron chi connectivity index (χ1n) is 6.02. The number of ether oxygens (including phenoxy) is 2. The summed E-state index contributed by atoms with van der Waals surface area (Å²) >= 11 is 0. The molecule has 108 valence electrons. The minimum Gasteiger partial charge on any atom is -0.496 e. The lowest BCUT2D eigenvalue weighted by atomic mass is 10.2. The molecule has 6 heteroatoms. The number of hydrogen-bond acceptors (Lipinski definition) is 4. The Morgan fingerprint density at radius 3 is 2.80 bits per heavy atom. The van der Waals surface area contributed by atoms with Crippen molar-refractivity contribution >= 4 is 18.0 Å². The maximum absolute atomic E-state index is 11.5. The molecule has 0 heterocycles. The van der Waals surface area contributed by atoms with E-state index < -0.39 is 5.97 Å². The summed E-state index contributed by atoms with van der Waals surface area (Å²) in [4.78, 5) is 21.7. The third kappa shape index (κ3) is 6.01. The number of nitrogens with one attached hydrogen (secondary N) is 1. The van der Waals surface area contributed by atoms with Crippen molar-refractivity contribution in [3.63, 3.8) is 0 Å². The first-order valence-corrected chi connectivity index (χ1v) is 6.02. The molecule has 20 heavy (non-hydrogen) atoms. The van der Waals surface area contributed by atoms with Gasteiger partial charge < -0.3 is 19.9 Å². The van der Waals surface area contributed by atoms with Gasteiger partial charge in [-0.15, -0.1) is 0 Å². The van der Waals surface area contributed by atoms with E-state index in [1.165, 1.54) is 6.08 Å². The van der Waals surface area contributed by atoms with Crippen LogP contribution in [0.5, 0.6) is 5.75 Å². The van der Waals surface area contributed by atoms with Crippen molar-refractivity contribution in [2.75, 3.05) is 26.9 Å². The van der Waals surface area contributed by atoms with E-state index in [-0.39, 0.29) is 25.7 Å². The Morgan fingerprint density at radius 1 is 1.35 bits per heavy atom. The molecule has 6 nitrogen and oxygen atoms in total. The standard InChI is InChI=1S/C14H17NO5/c1-19-12-5-3-2-4-11(12)6-7-13(16)15-8-9-20-10-14(17)18/h2-7H,8-10H2,1H3,(H,15,16)(H,17,18). The van der Waals surface area contributed by atoms with E-state index in [1.807, 2.05) is 18.2 Å². The number of benzene rings is 1. The molecule has 0 aliphatic carbocycles. The molecule has 0 fully saturated rings. The van der Waals surface area contributed by atoms with E-state index in [2.05, 4.69) is 5.32 Å². The van der Waals surface area contributed by atoms with Crippen LogP contribution in [0.25, 0.3) is 6.08 Å². The van der Waals surface area contributed by atoms with E-state index in [0.717, 1.165) is 5.56 Å². The van der Waals surface area contributed by atoms with Crippen LogP contribution in [0.4, 0.5) is 0 Å². The highest BCUT2D eigenvalue weighted by atomic mass is 16.5. The second-order valence-corrected chi connectivity index (χ2v) is 3.81. The molecule has 1 aromatic rings. The lowest BCUT2D eigenvalue weighted by Gasteiger charge is -2.04. The highest BCUT2D eigenvalue weighted by molar-refractivity contribution is 5.92. The number of methoxy groups -OCH3 is 1. The molecule has 0 saturated heterocycles. The second-order valence-electron chi connectivity index (χ2n) is 3.81. The molecule has 2 N–H and O–H groups in total. The van der Waals surface area contributed by atoms with Gasteiger partial charge in [0.15, 0.2) is 0 Å². The third-order valence-electron chi connectivity index (χ3n) is 2.32. The fourth-order valence-electron chi connectivity index (χ4n) is 1.43. The van der Waals surface area contributed by atoms with Crippen LogP contribution in [0, 0.1) is 0 Å². The number of para-hydroxylation sites is 1. The van der Waals surface area contributed by atoms with Crippen LogP contribution in [0.2, 0.25) is 0 Å². The van der Waals surface area contributed by atoms with Crippen molar-refractivity contribution in [2.45, 2.75) is 0 Å². The Kier molecular flexibility index (Phi) is 6.84. The van der Waals surface area contributed by atoms with Crippen LogP contribution in [0.1, 0.15) is 5.56 Å². The Balaban J connectivity index is 2.34. The van der Waals surface area contributed by atoms with Crippen molar-refractivity contribution in [3.05, 3.63) is 35.9 Å². The van der Waals surface area contributed by atoms with Crippen LogP contribution < -0.4 is 10.1 Å². The summed E-state index contributed by atoms with van der Waals surface area (Å²) < 4.78 is 9.94. The molecular weight excluding hydrogens is 262 g/mol. The minimum atomic E-state index is -1.03. The Hall–Kier alpha value is -2.34. The van der Waals surface area contributed by atoms with Crippen LogP contribution >= 0.6 is 0 Å². The number of amides is 1. The third-order valence-corrected chi connectivity index (χ3v) is 2.32. The van der Waals surface area contributed by atoms with Gasteiger partial charge in [-0.1, -0.05) is 18.2 Å². The predicted octanol–water partition coefficient (Wildman–Crippen LogP) is 0.926. The van der Waals surface area contributed by atoms with Gasteiger partial charge in [0.05, 0.1) is 13.7 Å². The van der Waals surface area contributed by atoms with E-state index >= 15 is 0 Å². The summed E-state index contributed by atoms with van der Waals surface area (Å²) in [6.07, 6.45) is 3.03. The van der Waals surface area contributed by atoms with Crippen LogP contribution in [0.15, 0.2) is 30.3 Å². The molecule has 0 unspecified atom stereocenters. The molecule has 0 aliphatic rings. The van der Waals surface area contributed by atoms with Crippen molar-refractivity contribution < 1.29 is 24.2 Å². The maximum Gasteiger partial charge on any atom is 0.329 e. The van der Waals surface area contributed by atoms with Crippen molar-refractivity contribution in [1.29, 1.82) is 0 Å². The first kappa shape index (κ1) is 15.7. The highest BCUT2D eigenvalue weighted by Crippen LogP contribution is 2.18. The van der Waals surface area contributed by atoms with Gasteiger partial charge in [0.1, 0.15) is 12.4 Å². The zero-order valence-electron chi connectivity index (χ0n) is 11.2. The number of aliphatic carboxylic acids is 1. The number of rotatable bonds is 8. The van der Waals surface area contributed by atoms with Crippen molar-refractivity contribution in [2.24, 2.45) is 0 Å². The van der Waals surface area contributed by atoms with Gasteiger partial charge in [-0.25, -0.2) is 4.79 Å². The van der Waals surface area contributed by atoms with Gasteiger partial charge >= 0.3 is 5.97 Å². The molecule has 1 amide bonds. The van der Waals surface area contributed by atoms with Gasteiger partial charge in [-0.3, -0.25) is 4.79 Å². The van der Waals surface area contributed by atoms with E-state index in [1.54, 1.807) is 19.3 Å². The maximum atomic E-state index is 11.5. The molecular formula is C14H17NO5. The fourth-order valence-corrected chi connectivity index (χ4v) is 1.43. The Bertz CT molecular complexity index is 484. The van der Waals surface area contributed by atoms with Crippen LogP contribution in [0.3, 0.4) is 0 Å². The quantitative estimate of drug-likeness (QED) is 0.546. The van der Waals surface area contributed by atoms with E-state index in [9.17, 15) is 9.59 Å². The normalized spacial score (nSPS) is 10.4. The molecule has 0 spiro atoms. The zero-order valence-corrected chi connectivity index (χ0v) is 11.2. The van der Waals surface area contributed by atoms with Gasteiger partial charge in [-0.2, -0.15) is 0 Å². The van der Waals surface area contributed by atoms with Crippen molar-refractivity contribution in [1.82, 2.24) is 5.32 Å². The molecule has 0 atom stereocenters. The number of carboxylic acid groups (broad SMARTS) is 1. The Labute approximate surface area is 117 Å². The predicted molar refractivity (Wildman–Crippen MR) is 73.5 cm³/mol. The monoisotopic (exact) mass is 279 g/mol. The molecule has 0 bridgehead atoms. The molecule has 1 aromatic carbocycles. The first-order chi connectivity index (χ1) is 9.63. The van der Waals surface area contributed by atoms with E-state index in [0.29, 0.717) is 5.75 Å². The number of carbonyl (C=O) groups excluding carboxylic acids is 1. The van der Waals surface area contributed by atoms with Gasteiger partial charge in [0.25, 0.3) is 0 Å². The van der Waals surface area contributed by atoms with E-state index in [4.69, 9.17) is 14.6 Å². The zero-order chi connectivity index (χ0) is 14.8. The van der Waals surface area contributed by atoms with Crippen LogP contribution in [-0.4, -0.2) is 43.9 Å². The number of carbonyl (C=O) groups is 2. The second kappa shape index (κ2) is 8.71. The Morgan fingerprint density at radius 2 is 2.10 bits per heavy atom. The summed E-state index contributed by atoms with van der Waals surface area (Å²) in [7, 11) is 1.56. The summed E-state index contributed by atoms with van der Waals surface area (Å²) in [5.74, 6) is -0.636. The molecule has 0 aromatic heterocycles. The smallest absolute Gasteiger partial charge is 0.329 e. The fraction of sp³-hybridized carbons (Fsp3) is 0.286. The van der Waals surface area contributed by atoms with Crippen molar-refractivity contribution in [3.8, 4) is 5.75 Å². The molecule has 1 rings (SSSR count). The van der Waals surface area contributed by atoms with Crippen LogP contribution in [-0.2, 0) is 14.3 Å². The largest absolute Gasteiger partial charge is 0.496 e.